The van der Waals surface area contributed by atoms with E-state index >= 15 is 0 Å². The predicted octanol–water partition coefficient (Wildman–Crippen LogP) is 3.08. The maximum atomic E-state index is 4.41. The smallest absolute Gasteiger partial charge is 0.138 e. The van der Waals surface area contributed by atoms with Crippen LogP contribution in [-0.4, -0.2) is 34.1 Å². The lowest BCUT2D eigenvalue weighted by Crippen LogP contribution is -2.50. The average Bonchev–Trinajstić information content (AvgIpc) is 2.93. The molecule has 1 fully saturated rings. The van der Waals surface area contributed by atoms with Crippen molar-refractivity contribution in [1.82, 2.24) is 14.7 Å². The van der Waals surface area contributed by atoms with Crippen molar-refractivity contribution in [3.63, 3.8) is 0 Å². The van der Waals surface area contributed by atoms with E-state index in [9.17, 15) is 0 Å². The van der Waals surface area contributed by atoms with E-state index in [2.05, 4.69) is 64.8 Å². The Kier molecular flexibility index (Phi) is 3.89. The van der Waals surface area contributed by atoms with E-state index in [-0.39, 0.29) is 5.54 Å². The molecule has 2 aromatic rings. The first-order valence-corrected chi connectivity index (χ1v) is 7.98. The maximum Gasteiger partial charge on any atom is 0.138 e. The second-order valence-corrected chi connectivity index (χ2v) is 7.01. The highest BCUT2D eigenvalue weighted by Crippen LogP contribution is 2.25. The summed E-state index contributed by atoms with van der Waals surface area (Å²) in [5.74, 6) is 1.27. The maximum absolute atomic E-state index is 4.41. The third-order valence-corrected chi connectivity index (χ3v) is 4.20. The fraction of sp³-hybridized carbons (Fsp3) is 0.588. The predicted molar refractivity (Wildman–Crippen MR) is 87.9 cm³/mol. The Bertz CT molecular complexity index is 596. The summed E-state index contributed by atoms with van der Waals surface area (Å²) >= 11 is 0. The Morgan fingerprint density at radius 2 is 2.14 bits per heavy atom. The molecule has 1 aliphatic heterocycles. The topological polar surface area (TPSA) is 32.6 Å². The lowest BCUT2D eigenvalue weighted by Gasteiger charge is -2.39. The van der Waals surface area contributed by atoms with E-state index in [1.54, 1.807) is 0 Å². The summed E-state index contributed by atoms with van der Waals surface area (Å²) in [5.41, 5.74) is 1.20. The summed E-state index contributed by atoms with van der Waals surface area (Å²) in [7, 11) is 0. The van der Waals surface area contributed by atoms with Gasteiger partial charge in [0.05, 0.1) is 0 Å². The van der Waals surface area contributed by atoms with Crippen molar-refractivity contribution in [3.8, 4) is 0 Å². The highest BCUT2D eigenvalue weighted by Gasteiger charge is 2.25. The van der Waals surface area contributed by atoms with Crippen LogP contribution in [0, 0.1) is 0 Å². The van der Waals surface area contributed by atoms with Gasteiger partial charge in [0.1, 0.15) is 11.5 Å². The molecule has 4 heteroatoms. The zero-order valence-corrected chi connectivity index (χ0v) is 13.3. The van der Waals surface area contributed by atoms with Crippen molar-refractivity contribution in [2.45, 2.75) is 51.6 Å². The normalized spacial score (nSPS) is 20.1. The Hall–Kier alpha value is -1.55. The number of hydrogen-bond donors (Lipinski definition) is 1. The third-order valence-electron chi connectivity index (χ3n) is 4.20. The van der Waals surface area contributed by atoms with Gasteiger partial charge in [0.25, 0.3) is 0 Å². The zero-order chi connectivity index (χ0) is 14.9. The highest BCUT2D eigenvalue weighted by atomic mass is 15.3. The molecule has 0 radical (unpaired) electrons. The van der Waals surface area contributed by atoms with Gasteiger partial charge in [-0.1, -0.05) is 6.07 Å². The van der Waals surface area contributed by atoms with E-state index in [4.69, 9.17) is 0 Å². The molecule has 1 N–H and O–H groups in total. The average molecular weight is 286 g/mol. The third kappa shape index (κ3) is 3.21. The molecular weight excluding hydrogens is 260 g/mol. The number of anilines is 1. The van der Waals surface area contributed by atoms with Crippen molar-refractivity contribution in [3.05, 3.63) is 30.6 Å². The highest BCUT2D eigenvalue weighted by molar-refractivity contribution is 5.52. The zero-order valence-electron chi connectivity index (χ0n) is 13.3. The van der Waals surface area contributed by atoms with Gasteiger partial charge in [-0.15, -0.1) is 0 Å². The second-order valence-electron chi connectivity index (χ2n) is 7.01. The monoisotopic (exact) mass is 286 g/mol. The minimum Gasteiger partial charge on any atom is -0.353 e. The van der Waals surface area contributed by atoms with Crippen molar-refractivity contribution >= 4 is 11.5 Å². The molecule has 0 aromatic carbocycles. The first-order chi connectivity index (χ1) is 10.0. The lowest BCUT2D eigenvalue weighted by molar-refractivity contribution is 0.365. The summed E-state index contributed by atoms with van der Waals surface area (Å²) in [5, 5.41) is 3.67. The van der Waals surface area contributed by atoms with Gasteiger partial charge in [0, 0.05) is 37.1 Å². The summed E-state index contributed by atoms with van der Waals surface area (Å²) in [6.07, 6.45) is 7.80. The van der Waals surface area contributed by atoms with Crippen LogP contribution in [0.1, 0.15) is 40.0 Å². The molecule has 0 amide bonds. The Balaban J connectivity index is 1.85. The summed E-state index contributed by atoms with van der Waals surface area (Å²) in [6.45, 7) is 8.87. The molecule has 4 nitrogen and oxygen atoms in total. The van der Waals surface area contributed by atoms with Crippen LogP contribution < -0.4 is 10.2 Å². The van der Waals surface area contributed by atoms with Crippen LogP contribution in [0.3, 0.4) is 0 Å². The fourth-order valence-electron chi connectivity index (χ4n) is 3.11. The van der Waals surface area contributed by atoms with Crippen molar-refractivity contribution in [1.29, 1.82) is 0 Å². The van der Waals surface area contributed by atoms with E-state index in [0.29, 0.717) is 6.04 Å². The molecule has 1 unspecified atom stereocenters. The molecule has 1 saturated heterocycles. The van der Waals surface area contributed by atoms with E-state index in [1.807, 2.05) is 6.20 Å². The van der Waals surface area contributed by atoms with Gasteiger partial charge in [-0.3, -0.25) is 4.40 Å². The molecule has 114 valence electrons. The number of pyridine rings is 1. The number of aromatic nitrogens is 2. The Morgan fingerprint density at radius 3 is 2.95 bits per heavy atom. The Morgan fingerprint density at radius 1 is 1.29 bits per heavy atom. The quantitative estimate of drug-likeness (QED) is 0.941. The van der Waals surface area contributed by atoms with Gasteiger partial charge in [-0.05, 0) is 52.2 Å². The van der Waals surface area contributed by atoms with Crippen LogP contribution in [0.2, 0.25) is 0 Å². The molecular formula is C17H26N4. The van der Waals surface area contributed by atoms with E-state index < -0.39 is 0 Å². The standard InChI is InChI=1S/C17H26N4/c1-17(2,3)19-13-14-7-4-5-11-20(14)16-9-6-8-15-18-10-12-21(15)16/h6,8-10,12,14,19H,4-5,7,11,13H2,1-3H3. The van der Waals surface area contributed by atoms with Gasteiger partial charge < -0.3 is 10.2 Å². The molecule has 21 heavy (non-hydrogen) atoms. The molecule has 0 aliphatic carbocycles. The lowest BCUT2D eigenvalue weighted by atomic mass is 10.0. The summed E-state index contributed by atoms with van der Waals surface area (Å²) < 4.78 is 2.20. The second kappa shape index (κ2) is 5.68. The molecule has 3 heterocycles. The van der Waals surface area contributed by atoms with Gasteiger partial charge in [0.2, 0.25) is 0 Å². The van der Waals surface area contributed by atoms with Crippen LogP contribution in [-0.2, 0) is 0 Å². The van der Waals surface area contributed by atoms with Crippen LogP contribution in [0.15, 0.2) is 30.6 Å². The van der Waals surface area contributed by atoms with Crippen molar-refractivity contribution in [2.75, 3.05) is 18.0 Å². The fourth-order valence-corrected chi connectivity index (χ4v) is 3.11. The number of fused-ring (bicyclic) bond motifs is 1. The number of imidazole rings is 1. The molecule has 1 aliphatic rings. The van der Waals surface area contributed by atoms with Crippen LogP contribution in [0.5, 0.6) is 0 Å². The van der Waals surface area contributed by atoms with Gasteiger partial charge in [-0.25, -0.2) is 4.98 Å². The van der Waals surface area contributed by atoms with Gasteiger partial charge in [-0.2, -0.15) is 0 Å². The Labute approximate surface area is 127 Å². The van der Waals surface area contributed by atoms with Crippen LogP contribution in [0.4, 0.5) is 5.82 Å². The number of piperidine rings is 1. The molecule has 0 spiro atoms. The molecule has 0 saturated carbocycles. The number of nitrogens with zero attached hydrogens (tertiary/aromatic N) is 3. The SMILES string of the molecule is CC(C)(C)NCC1CCCCN1c1cccc2nccn12. The molecule has 1 atom stereocenters. The minimum absolute atomic E-state index is 0.171. The summed E-state index contributed by atoms with van der Waals surface area (Å²) in [6, 6.07) is 6.95. The van der Waals surface area contributed by atoms with Crippen LogP contribution in [0.25, 0.3) is 5.65 Å². The van der Waals surface area contributed by atoms with Gasteiger partial charge in [0.15, 0.2) is 0 Å². The number of nitrogens with one attached hydrogen (secondary N) is 1. The van der Waals surface area contributed by atoms with E-state index in [0.717, 1.165) is 18.7 Å². The summed E-state index contributed by atoms with van der Waals surface area (Å²) in [4.78, 5) is 6.96. The molecule has 2 aromatic heterocycles. The van der Waals surface area contributed by atoms with E-state index in [1.165, 1.54) is 25.1 Å². The number of rotatable bonds is 3. The first kappa shape index (κ1) is 14.4. The molecule has 0 bridgehead atoms. The van der Waals surface area contributed by atoms with Crippen molar-refractivity contribution < 1.29 is 0 Å². The van der Waals surface area contributed by atoms with Crippen molar-refractivity contribution in [2.24, 2.45) is 0 Å². The first-order valence-electron chi connectivity index (χ1n) is 7.98. The van der Waals surface area contributed by atoms with Crippen LogP contribution >= 0.6 is 0 Å². The minimum atomic E-state index is 0.171. The molecule has 3 rings (SSSR count). The van der Waals surface area contributed by atoms with Gasteiger partial charge >= 0.3 is 0 Å². The number of hydrogen-bond acceptors (Lipinski definition) is 3. The largest absolute Gasteiger partial charge is 0.353 e.